The largest absolute Gasteiger partial charge is 0.469 e. The van der Waals surface area contributed by atoms with Gasteiger partial charge in [-0.3, -0.25) is 13.9 Å². The maximum Gasteiger partial charge on any atom is 0.469 e. The third-order valence-corrected chi connectivity index (χ3v) is 3.97. The van der Waals surface area contributed by atoms with E-state index < -0.39 is 25.7 Å². The van der Waals surface area contributed by atoms with Gasteiger partial charge in [0, 0.05) is 0 Å². The second-order valence-corrected chi connectivity index (χ2v) is 6.28. The van der Waals surface area contributed by atoms with Crippen LogP contribution in [-0.4, -0.2) is 41.7 Å². The number of ether oxygens (including phenoxy) is 1. The molecule has 0 amide bonds. The van der Waals surface area contributed by atoms with E-state index in [1.165, 1.54) is 10.9 Å². The number of nitrogens with two attached hydrogens (primary N) is 2. The summed E-state index contributed by atoms with van der Waals surface area (Å²) >= 11 is 0. The maximum atomic E-state index is 11.8. The zero-order valence-corrected chi connectivity index (χ0v) is 12.7. The second-order valence-electron chi connectivity index (χ2n) is 5.05. The van der Waals surface area contributed by atoms with Crippen LogP contribution in [0.5, 0.6) is 0 Å². The average molecular weight is 346 g/mol. The van der Waals surface area contributed by atoms with E-state index in [2.05, 4.69) is 14.5 Å². The number of rotatable bonds is 4. The fourth-order valence-corrected chi connectivity index (χ4v) is 2.83. The van der Waals surface area contributed by atoms with E-state index >= 15 is 0 Å². The zero-order valence-electron chi connectivity index (χ0n) is 11.8. The topological polar surface area (TPSA) is 181 Å². The Morgan fingerprint density at radius 1 is 1.48 bits per heavy atom. The first kappa shape index (κ1) is 15.9. The number of hydrogen-bond acceptors (Lipinski definition) is 8. The molecule has 2 aromatic heterocycles. The minimum Gasteiger partial charge on any atom is -0.368 e. The minimum atomic E-state index is -4.55. The molecule has 1 saturated heterocycles. The summed E-state index contributed by atoms with van der Waals surface area (Å²) in [7, 11) is -4.55. The maximum absolute atomic E-state index is 11.8. The first-order valence-electron chi connectivity index (χ1n) is 6.62. The lowest BCUT2D eigenvalue weighted by Gasteiger charge is -2.17. The highest BCUT2D eigenvalue weighted by atomic mass is 31.2. The Bertz CT molecular complexity index is 842. The van der Waals surface area contributed by atoms with Gasteiger partial charge in [-0.05, 0) is 12.8 Å². The highest BCUT2D eigenvalue weighted by molar-refractivity contribution is 7.46. The Hall–Kier alpha value is -1.98. The van der Waals surface area contributed by atoms with Crippen LogP contribution >= 0.6 is 7.82 Å². The van der Waals surface area contributed by atoms with Crippen LogP contribution in [0.25, 0.3) is 11.2 Å². The molecule has 0 spiro atoms. The third-order valence-electron chi connectivity index (χ3n) is 3.49. The number of hydrogen-bond donors (Lipinski definition) is 4. The molecule has 12 nitrogen and oxygen atoms in total. The molecular formula is C10H15N6O6P. The van der Waals surface area contributed by atoms with Crippen LogP contribution in [0.1, 0.15) is 19.1 Å². The van der Waals surface area contributed by atoms with E-state index in [1.54, 1.807) is 0 Å². The molecular weight excluding hydrogens is 331 g/mol. The first-order valence-corrected chi connectivity index (χ1v) is 8.15. The van der Waals surface area contributed by atoms with Crippen LogP contribution in [0.2, 0.25) is 0 Å². The lowest BCUT2D eigenvalue weighted by molar-refractivity contribution is -0.0206. The van der Waals surface area contributed by atoms with E-state index in [1.807, 2.05) is 0 Å². The van der Waals surface area contributed by atoms with Crippen molar-refractivity contribution < 1.29 is 23.6 Å². The van der Waals surface area contributed by atoms with Gasteiger partial charge in [-0.25, -0.2) is 14.2 Å². The average Bonchev–Trinajstić information content (AvgIpc) is 3.08. The molecule has 2 aromatic rings. The summed E-state index contributed by atoms with van der Waals surface area (Å²) in [5.74, 6) is 5.63. The van der Waals surface area contributed by atoms with Gasteiger partial charge in [0.1, 0.15) is 6.23 Å². The van der Waals surface area contributed by atoms with Crippen LogP contribution in [0.3, 0.4) is 0 Å². The summed E-state index contributed by atoms with van der Waals surface area (Å²) < 4.78 is 23.4. The van der Waals surface area contributed by atoms with Crippen molar-refractivity contribution in [3.8, 4) is 0 Å². The molecule has 3 heterocycles. The van der Waals surface area contributed by atoms with Crippen molar-refractivity contribution >= 4 is 24.9 Å². The number of nitrogen functional groups attached to an aromatic ring is 2. The molecule has 3 rings (SSSR count). The van der Waals surface area contributed by atoms with Gasteiger partial charge in [-0.1, -0.05) is 0 Å². The Kier molecular flexibility index (Phi) is 3.86. The fraction of sp³-hybridized carbons (Fsp3) is 0.500. The van der Waals surface area contributed by atoms with Gasteiger partial charge in [-0.15, -0.1) is 0 Å². The number of anilines is 1. The molecule has 1 aliphatic heterocycles. The Morgan fingerprint density at radius 2 is 2.22 bits per heavy atom. The lowest BCUT2D eigenvalue weighted by Crippen LogP contribution is -2.25. The Balaban J connectivity index is 1.85. The molecule has 1 aliphatic rings. The van der Waals surface area contributed by atoms with Gasteiger partial charge < -0.3 is 26.1 Å². The predicted octanol–water partition coefficient (Wildman–Crippen LogP) is -1.32. The van der Waals surface area contributed by atoms with E-state index in [0.717, 1.165) is 4.68 Å². The zero-order chi connectivity index (χ0) is 16.8. The summed E-state index contributed by atoms with van der Waals surface area (Å²) in [6.45, 7) is -0.244. The van der Waals surface area contributed by atoms with Crippen LogP contribution in [0, 0.1) is 0 Å². The van der Waals surface area contributed by atoms with Crippen molar-refractivity contribution in [3.63, 3.8) is 0 Å². The number of fused-ring (bicyclic) bond motifs is 1. The van der Waals surface area contributed by atoms with E-state index in [9.17, 15) is 9.36 Å². The molecule has 23 heavy (non-hydrogen) atoms. The third kappa shape index (κ3) is 3.07. The van der Waals surface area contributed by atoms with Gasteiger partial charge in [-0.2, -0.15) is 4.98 Å². The molecule has 0 aromatic carbocycles. The molecule has 0 unspecified atom stereocenters. The lowest BCUT2D eigenvalue weighted by atomic mass is 10.2. The molecule has 0 radical (unpaired) electrons. The number of phosphoric ester groups is 1. The van der Waals surface area contributed by atoms with Gasteiger partial charge in [0.05, 0.1) is 19.0 Å². The van der Waals surface area contributed by atoms with E-state index in [-0.39, 0.29) is 23.7 Å². The molecule has 0 bridgehead atoms. The highest BCUT2D eigenvalue weighted by Crippen LogP contribution is 2.38. The Labute approximate surface area is 128 Å². The van der Waals surface area contributed by atoms with Crippen LogP contribution in [0.15, 0.2) is 11.1 Å². The quantitative estimate of drug-likeness (QED) is 0.382. The molecule has 126 valence electrons. The van der Waals surface area contributed by atoms with Crippen molar-refractivity contribution in [3.05, 3.63) is 16.7 Å². The molecule has 0 aliphatic carbocycles. The molecule has 6 N–H and O–H groups in total. The first-order chi connectivity index (χ1) is 10.8. The summed E-state index contributed by atoms with van der Waals surface area (Å²) in [5, 5.41) is 0. The number of imidazole rings is 1. The van der Waals surface area contributed by atoms with Gasteiger partial charge in [0.2, 0.25) is 5.95 Å². The van der Waals surface area contributed by atoms with Crippen LogP contribution in [0.4, 0.5) is 5.95 Å². The van der Waals surface area contributed by atoms with Crippen molar-refractivity contribution in [1.29, 1.82) is 0 Å². The minimum absolute atomic E-state index is 0.0558. The SMILES string of the molecule is Nc1nc(=O)c2ncn([C@H]3CC[C@@H](COP(=O)(O)O)O3)c2n1N. The summed E-state index contributed by atoms with van der Waals surface area (Å²) in [6, 6.07) is 0. The summed E-state index contributed by atoms with van der Waals surface area (Å²) in [6.07, 6.45) is 1.41. The van der Waals surface area contributed by atoms with Crippen LogP contribution < -0.4 is 17.1 Å². The summed E-state index contributed by atoms with van der Waals surface area (Å²) in [4.78, 5) is 36.7. The Morgan fingerprint density at radius 3 is 2.91 bits per heavy atom. The van der Waals surface area contributed by atoms with E-state index in [4.69, 9.17) is 26.1 Å². The standard InChI is InChI=1S/C10H15N6O6P/c11-10-14-8(17)7-9(16(10)12)15(4-13-7)6-2-1-5(22-6)3-21-23(18,19)20/h4-6H,1-3,12H2,(H2,11,14,17)(H2,18,19,20)/t5-,6+/m0/s1. The normalized spacial score (nSPS) is 22.0. The monoisotopic (exact) mass is 346 g/mol. The van der Waals surface area contributed by atoms with Crippen molar-refractivity contribution in [1.82, 2.24) is 19.2 Å². The molecule has 0 saturated carbocycles. The predicted molar refractivity (Wildman–Crippen MR) is 77.5 cm³/mol. The number of nitrogens with zero attached hydrogens (tertiary/aromatic N) is 4. The van der Waals surface area contributed by atoms with Crippen molar-refractivity contribution in [2.24, 2.45) is 0 Å². The fourth-order valence-electron chi connectivity index (χ4n) is 2.47. The molecule has 13 heteroatoms. The smallest absolute Gasteiger partial charge is 0.368 e. The van der Waals surface area contributed by atoms with Crippen molar-refractivity contribution in [2.45, 2.75) is 25.2 Å². The van der Waals surface area contributed by atoms with Crippen LogP contribution in [-0.2, 0) is 13.8 Å². The van der Waals surface area contributed by atoms with Gasteiger partial charge in [0.15, 0.2) is 11.2 Å². The number of aromatic nitrogens is 4. The van der Waals surface area contributed by atoms with Gasteiger partial charge in [0.25, 0.3) is 0 Å². The number of phosphoric acid groups is 1. The van der Waals surface area contributed by atoms with E-state index in [0.29, 0.717) is 12.8 Å². The van der Waals surface area contributed by atoms with Crippen molar-refractivity contribution in [2.75, 3.05) is 18.2 Å². The molecule has 2 atom stereocenters. The second kappa shape index (κ2) is 5.58. The van der Waals surface area contributed by atoms with Gasteiger partial charge >= 0.3 is 13.4 Å². The molecule has 1 fully saturated rings. The summed E-state index contributed by atoms with van der Waals surface area (Å²) in [5.41, 5.74) is 5.28. The highest BCUT2D eigenvalue weighted by Gasteiger charge is 2.30.